The van der Waals surface area contributed by atoms with Crippen LogP contribution in [0, 0.1) is 0 Å². The molecule has 0 aliphatic heterocycles. The Morgan fingerprint density at radius 2 is 0.880 bits per heavy atom. The molecule has 0 saturated heterocycles. The Morgan fingerprint density at radius 1 is 0.360 bits per heavy atom. The van der Waals surface area contributed by atoms with Gasteiger partial charge in [-0.2, -0.15) is 0 Å². The van der Waals surface area contributed by atoms with E-state index in [0.29, 0.717) is 0 Å². The van der Waals surface area contributed by atoms with Crippen molar-refractivity contribution in [2.45, 2.75) is 0 Å². The summed E-state index contributed by atoms with van der Waals surface area (Å²) in [5.74, 6) is 0. The van der Waals surface area contributed by atoms with Gasteiger partial charge in [0.2, 0.25) is 0 Å². The first kappa shape index (κ1) is 28.8. The van der Waals surface area contributed by atoms with Gasteiger partial charge in [-0.05, 0) is 97.0 Å². The normalized spacial score (nSPS) is 11.6. The zero-order valence-corrected chi connectivity index (χ0v) is 28.1. The molecule has 0 bridgehead atoms. The van der Waals surface area contributed by atoms with Crippen LogP contribution in [0.15, 0.2) is 188 Å². The minimum atomic E-state index is 1.12. The molecule has 10 rings (SSSR count). The second-order valence-electron chi connectivity index (χ2n) is 12.9. The van der Waals surface area contributed by atoms with Gasteiger partial charge in [0.25, 0.3) is 0 Å². The molecule has 0 saturated carbocycles. The molecule has 0 aliphatic carbocycles. The molecule has 0 atom stereocenters. The molecule has 0 spiro atoms. The molecule has 0 amide bonds. The molecular weight excluding hydrogens is 623 g/mol. The minimum Gasteiger partial charge on any atom is -0.310 e. The van der Waals surface area contributed by atoms with Crippen LogP contribution in [-0.4, -0.2) is 0 Å². The molecule has 0 radical (unpaired) electrons. The third kappa shape index (κ3) is 4.69. The highest BCUT2D eigenvalue weighted by atomic mass is 32.1. The summed E-state index contributed by atoms with van der Waals surface area (Å²) >= 11 is 1.89. The van der Waals surface area contributed by atoms with Crippen molar-refractivity contribution in [3.63, 3.8) is 0 Å². The van der Waals surface area contributed by atoms with Crippen molar-refractivity contribution in [3.8, 4) is 22.3 Å². The highest BCUT2D eigenvalue weighted by Crippen LogP contribution is 2.48. The SMILES string of the molecule is c1ccc(-c2ccc(N(c3ccc(-c4cc5ccccc5c5ccccc45)cc3)c3cc4ccccc4c4sc5ccccc5c34)cc2)cc1. The van der Waals surface area contributed by atoms with Crippen molar-refractivity contribution in [1.82, 2.24) is 0 Å². The van der Waals surface area contributed by atoms with Crippen molar-refractivity contribution < 1.29 is 0 Å². The van der Waals surface area contributed by atoms with Crippen molar-refractivity contribution in [2.24, 2.45) is 0 Å². The third-order valence-corrected chi connectivity index (χ3v) is 11.2. The number of benzene rings is 9. The predicted molar refractivity (Wildman–Crippen MR) is 217 cm³/mol. The Bertz CT molecular complexity index is 2850. The topological polar surface area (TPSA) is 3.24 Å². The van der Waals surface area contributed by atoms with Crippen LogP contribution in [0.25, 0.3) is 74.7 Å². The monoisotopic (exact) mass is 653 g/mol. The number of anilines is 3. The maximum Gasteiger partial charge on any atom is 0.0561 e. The molecule has 1 aromatic heterocycles. The van der Waals surface area contributed by atoms with Gasteiger partial charge in [-0.25, -0.2) is 0 Å². The summed E-state index contributed by atoms with van der Waals surface area (Å²) in [6.45, 7) is 0. The number of fused-ring (bicyclic) bond motifs is 8. The average Bonchev–Trinajstić information content (AvgIpc) is 3.59. The van der Waals surface area contributed by atoms with Gasteiger partial charge >= 0.3 is 0 Å². The zero-order valence-electron chi connectivity index (χ0n) is 27.3. The molecule has 1 heterocycles. The summed E-state index contributed by atoms with van der Waals surface area (Å²) < 4.78 is 2.63. The van der Waals surface area contributed by atoms with Crippen LogP contribution in [0.1, 0.15) is 0 Å². The smallest absolute Gasteiger partial charge is 0.0561 e. The standard InChI is InChI=1S/C48H31NS/c1-2-12-32(13-3-1)33-22-26-37(27-23-33)49(45-31-36-15-5-7-17-40(36)48-47(45)43-20-10-11-21-46(43)50-48)38-28-24-34(25-29-38)44-30-35-14-4-6-16-39(35)41-18-8-9-19-42(41)44/h1-31H. The fourth-order valence-electron chi connectivity index (χ4n) is 7.66. The number of hydrogen-bond acceptors (Lipinski definition) is 2. The summed E-state index contributed by atoms with van der Waals surface area (Å²) in [6, 6.07) is 68.7. The van der Waals surface area contributed by atoms with Gasteiger partial charge in [-0.3, -0.25) is 0 Å². The van der Waals surface area contributed by atoms with Gasteiger partial charge in [-0.15, -0.1) is 11.3 Å². The average molecular weight is 654 g/mol. The Labute approximate surface area is 294 Å². The van der Waals surface area contributed by atoms with Crippen molar-refractivity contribution in [3.05, 3.63) is 188 Å². The summed E-state index contributed by atoms with van der Waals surface area (Å²) in [5.41, 5.74) is 8.32. The van der Waals surface area contributed by atoms with Gasteiger partial charge in [0, 0.05) is 31.5 Å². The zero-order chi connectivity index (χ0) is 33.0. The van der Waals surface area contributed by atoms with E-state index in [4.69, 9.17) is 0 Å². The highest BCUT2D eigenvalue weighted by Gasteiger charge is 2.21. The van der Waals surface area contributed by atoms with Gasteiger partial charge in [-0.1, -0.05) is 146 Å². The number of thiophene rings is 1. The van der Waals surface area contributed by atoms with E-state index < -0.39 is 0 Å². The van der Waals surface area contributed by atoms with Gasteiger partial charge < -0.3 is 4.90 Å². The van der Waals surface area contributed by atoms with Crippen LogP contribution in [0.2, 0.25) is 0 Å². The van der Waals surface area contributed by atoms with E-state index in [1.165, 1.54) is 80.4 Å². The first-order valence-corrected chi connectivity index (χ1v) is 17.9. The third-order valence-electron chi connectivity index (χ3n) is 10.0. The molecule has 234 valence electrons. The van der Waals surface area contributed by atoms with Crippen LogP contribution in [0.5, 0.6) is 0 Å². The van der Waals surface area contributed by atoms with Crippen LogP contribution in [0.4, 0.5) is 17.1 Å². The second-order valence-corrected chi connectivity index (χ2v) is 14.0. The largest absolute Gasteiger partial charge is 0.310 e. The Balaban J connectivity index is 1.19. The Kier molecular flexibility index (Phi) is 6.75. The molecular formula is C48H31NS. The van der Waals surface area contributed by atoms with Gasteiger partial charge in [0.15, 0.2) is 0 Å². The van der Waals surface area contributed by atoms with Crippen LogP contribution < -0.4 is 4.90 Å². The first-order valence-electron chi connectivity index (χ1n) is 17.1. The molecule has 0 aliphatic rings. The van der Waals surface area contributed by atoms with Crippen molar-refractivity contribution in [2.75, 3.05) is 4.90 Å². The van der Waals surface area contributed by atoms with E-state index in [1.807, 2.05) is 11.3 Å². The van der Waals surface area contributed by atoms with Crippen LogP contribution >= 0.6 is 11.3 Å². The predicted octanol–water partition coefficient (Wildman–Crippen LogP) is 14.3. The molecule has 2 heteroatoms. The fraction of sp³-hybridized carbons (Fsp3) is 0. The highest BCUT2D eigenvalue weighted by molar-refractivity contribution is 7.26. The van der Waals surface area contributed by atoms with Crippen molar-refractivity contribution >= 4 is 80.9 Å². The molecule has 0 unspecified atom stereocenters. The van der Waals surface area contributed by atoms with Crippen molar-refractivity contribution in [1.29, 1.82) is 0 Å². The van der Waals surface area contributed by atoms with Crippen LogP contribution in [-0.2, 0) is 0 Å². The maximum atomic E-state index is 2.45. The van der Waals surface area contributed by atoms with Gasteiger partial charge in [0.1, 0.15) is 0 Å². The lowest BCUT2D eigenvalue weighted by Gasteiger charge is -2.27. The molecule has 0 N–H and O–H groups in total. The van der Waals surface area contributed by atoms with E-state index in [9.17, 15) is 0 Å². The lowest BCUT2D eigenvalue weighted by molar-refractivity contribution is 1.30. The Hall–Kier alpha value is -6.22. The molecule has 50 heavy (non-hydrogen) atoms. The van der Waals surface area contributed by atoms with Crippen LogP contribution in [0.3, 0.4) is 0 Å². The Morgan fingerprint density at radius 3 is 1.60 bits per heavy atom. The lowest BCUT2D eigenvalue weighted by Crippen LogP contribution is -2.10. The number of hydrogen-bond donors (Lipinski definition) is 0. The molecule has 1 nitrogen and oxygen atoms in total. The van der Waals surface area contributed by atoms with E-state index in [-0.39, 0.29) is 0 Å². The summed E-state index contributed by atoms with van der Waals surface area (Å²) in [7, 11) is 0. The second kappa shape index (κ2) is 11.7. The first-order chi connectivity index (χ1) is 24.8. The summed E-state index contributed by atoms with van der Waals surface area (Å²) in [4.78, 5) is 2.45. The quantitative estimate of drug-likeness (QED) is 0.167. The molecule has 9 aromatic carbocycles. The fourth-order valence-corrected chi connectivity index (χ4v) is 8.92. The summed E-state index contributed by atoms with van der Waals surface area (Å²) in [5, 5.41) is 10.2. The van der Waals surface area contributed by atoms with E-state index in [1.54, 1.807) is 0 Å². The van der Waals surface area contributed by atoms with E-state index >= 15 is 0 Å². The molecule has 0 fully saturated rings. The van der Waals surface area contributed by atoms with E-state index in [2.05, 4.69) is 193 Å². The minimum absolute atomic E-state index is 1.12. The molecule has 10 aromatic rings. The summed E-state index contributed by atoms with van der Waals surface area (Å²) in [6.07, 6.45) is 0. The number of rotatable bonds is 5. The lowest BCUT2D eigenvalue weighted by atomic mass is 9.93. The van der Waals surface area contributed by atoms with Gasteiger partial charge in [0.05, 0.1) is 5.69 Å². The van der Waals surface area contributed by atoms with E-state index in [0.717, 1.165) is 11.4 Å². The maximum absolute atomic E-state index is 2.45. The number of nitrogens with zero attached hydrogens (tertiary/aromatic N) is 1.